The molecule has 0 spiro atoms. The van der Waals surface area contributed by atoms with E-state index in [1.54, 1.807) is 0 Å². The molecule has 0 aliphatic rings. The van der Waals surface area contributed by atoms with Crippen molar-refractivity contribution in [2.75, 3.05) is 0 Å². The Balaban J connectivity index is 1.09. The monoisotopic (exact) mass is 687 g/mol. The molecule has 3 aromatic heterocycles. The van der Waals surface area contributed by atoms with Crippen LogP contribution in [0, 0.1) is 0 Å². The molecule has 3 heterocycles. The Kier molecular flexibility index (Phi) is 6.86. The van der Waals surface area contributed by atoms with Gasteiger partial charge in [0, 0.05) is 44.4 Å². The average molecular weight is 688 g/mol. The molecule has 3 nitrogen and oxygen atoms in total. The molecule has 0 amide bonds. The third-order valence-corrected chi connectivity index (χ3v) is 11.0. The highest BCUT2D eigenvalue weighted by molar-refractivity contribution is 6.13. The Morgan fingerprint density at radius 1 is 0.333 bits per heavy atom. The first kappa shape index (κ1) is 30.4. The van der Waals surface area contributed by atoms with Gasteiger partial charge in [0.25, 0.3) is 0 Å². The molecule has 54 heavy (non-hydrogen) atoms. The van der Waals surface area contributed by atoms with Gasteiger partial charge in [-0.15, -0.1) is 0 Å². The molecular formula is C51H33N3. The highest BCUT2D eigenvalue weighted by Gasteiger charge is 2.18. The van der Waals surface area contributed by atoms with Crippen LogP contribution in [0.3, 0.4) is 0 Å². The number of hydrogen-bond acceptors (Lipinski definition) is 1. The number of benzene rings is 8. The normalized spacial score (nSPS) is 11.7. The van der Waals surface area contributed by atoms with Gasteiger partial charge in [-0.1, -0.05) is 121 Å². The average Bonchev–Trinajstić information content (AvgIpc) is 3.76. The number of hydrogen-bond donors (Lipinski definition) is 0. The van der Waals surface area contributed by atoms with Gasteiger partial charge in [-0.3, -0.25) is 4.98 Å². The van der Waals surface area contributed by atoms with E-state index in [1.807, 2.05) is 12.3 Å². The topological polar surface area (TPSA) is 22.8 Å². The fourth-order valence-electron chi connectivity index (χ4n) is 8.43. The fourth-order valence-corrected chi connectivity index (χ4v) is 8.43. The second-order valence-electron chi connectivity index (χ2n) is 14.0. The van der Waals surface area contributed by atoms with Crippen LogP contribution < -0.4 is 0 Å². The van der Waals surface area contributed by atoms with E-state index in [2.05, 4.69) is 202 Å². The van der Waals surface area contributed by atoms with Gasteiger partial charge in [-0.2, -0.15) is 0 Å². The number of rotatable bonds is 5. The van der Waals surface area contributed by atoms with Crippen molar-refractivity contribution < 1.29 is 0 Å². The Morgan fingerprint density at radius 2 is 0.870 bits per heavy atom. The number of aromatic nitrogens is 3. The van der Waals surface area contributed by atoms with Gasteiger partial charge in [0.1, 0.15) is 0 Å². The van der Waals surface area contributed by atoms with Crippen molar-refractivity contribution in [3.63, 3.8) is 0 Å². The summed E-state index contributed by atoms with van der Waals surface area (Å²) in [6, 6.07) is 70.4. The number of nitrogens with zero attached hydrogens (tertiary/aromatic N) is 3. The molecule has 0 unspecified atom stereocenters. The molecule has 0 radical (unpaired) electrons. The summed E-state index contributed by atoms with van der Waals surface area (Å²) in [7, 11) is 0. The van der Waals surface area contributed by atoms with Crippen LogP contribution in [-0.4, -0.2) is 14.1 Å². The molecular weight excluding hydrogens is 655 g/mol. The molecule has 8 aromatic carbocycles. The summed E-state index contributed by atoms with van der Waals surface area (Å²) in [5, 5.41) is 6.13. The first-order valence-electron chi connectivity index (χ1n) is 18.5. The molecule has 0 aliphatic carbocycles. The van der Waals surface area contributed by atoms with E-state index >= 15 is 0 Å². The highest BCUT2D eigenvalue weighted by atomic mass is 15.0. The molecule has 0 saturated carbocycles. The molecule has 0 bridgehead atoms. The Labute approximate surface area is 312 Å². The largest absolute Gasteiger partial charge is 0.309 e. The zero-order valence-electron chi connectivity index (χ0n) is 29.4. The molecule has 252 valence electrons. The van der Waals surface area contributed by atoms with E-state index in [9.17, 15) is 0 Å². The minimum Gasteiger partial charge on any atom is -0.309 e. The molecule has 0 atom stereocenters. The minimum absolute atomic E-state index is 1.000. The van der Waals surface area contributed by atoms with Crippen LogP contribution in [0.15, 0.2) is 200 Å². The van der Waals surface area contributed by atoms with Gasteiger partial charge in [0.05, 0.1) is 33.3 Å². The van der Waals surface area contributed by atoms with Gasteiger partial charge in [-0.25, -0.2) is 0 Å². The zero-order chi connectivity index (χ0) is 35.6. The van der Waals surface area contributed by atoms with E-state index in [0.29, 0.717) is 0 Å². The van der Waals surface area contributed by atoms with Gasteiger partial charge in [0.2, 0.25) is 0 Å². The third kappa shape index (κ3) is 4.79. The van der Waals surface area contributed by atoms with E-state index in [0.717, 1.165) is 27.7 Å². The van der Waals surface area contributed by atoms with Crippen molar-refractivity contribution in [2.45, 2.75) is 0 Å². The summed E-state index contributed by atoms with van der Waals surface area (Å²) in [6.45, 7) is 0. The first-order chi connectivity index (χ1) is 26.8. The molecule has 11 rings (SSSR count). The zero-order valence-corrected chi connectivity index (χ0v) is 29.4. The lowest BCUT2D eigenvalue weighted by Gasteiger charge is -2.16. The van der Waals surface area contributed by atoms with Crippen molar-refractivity contribution in [1.29, 1.82) is 0 Å². The molecule has 0 fully saturated rings. The SMILES string of the molecule is c1ccc(-c2cc(-c3ccc4cccnc4c3)ccc2-n2c3ccccc3c3cc(-c4ccc5c(c4)c4ccccc4n5-c4ccccc4)ccc32)cc1. The van der Waals surface area contributed by atoms with Crippen molar-refractivity contribution in [1.82, 2.24) is 14.1 Å². The lowest BCUT2D eigenvalue weighted by molar-refractivity contribution is 1.18. The maximum absolute atomic E-state index is 4.64. The second-order valence-corrected chi connectivity index (χ2v) is 14.0. The van der Waals surface area contributed by atoms with Crippen molar-refractivity contribution in [3.8, 4) is 44.8 Å². The van der Waals surface area contributed by atoms with E-state index in [-0.39, 0.29) is 0 Å². The summed E-state index contributed by atoms with van der Waals surface area (Å²) in [4.78, 5) is 4.64. The lowest BCUT2D eigenvalue weighted by atomic mass is 9.96. The van der Waals surface area contributed by atoms with Crippen LogP contribution in [0.5, 0.6) is 0 Å². The number of pyridine rings is 1. The Hall–Kier alpha value is -7.23. The predicted molar refractivity (Wildman–Crippen MR) is 227 cm³/mol. The molecule has 0 N–H and O–H groups in total. The maximum Gasteiger partial charge on any atom is 0.0708 e. The quantitative estimate of drug-likeness (QED) is 0.177. The van der Waals surface area contributed by atoms with Crippen molar-refractivity contribution >= 4 is 54.5 Å². The first-order valence-corrected chi connectivity index (χ1v) is 18.5. The summed E-state index contributed by atoms with van der Waals surface area (Å²) in [5.41, 5.74) is 15.2. The summed E-state index contributed by atoms with van der Waals surface area (Å²) < 4.78 is 4.82. The van der Waals surface area contributed by atoms with E-state index < -0.39 is 0 Å². The van der Waals surface area contributed by atoms with Gasteiger partial charge >= 0.3 is 0 Å². The minimum atomic E-state index is 1.000. The predicted octanol–water partition coefficient (Wildman–Crippen LogP) is 13.4. The van der Waals surface area contributed by atoms with E-state index in [1.165, 1.54) is 71.6 Å². The molecule has 3 heteroatoms. The van der Waals surface area contributed by atoms with Gasteiger partial charge < -0.3 is 9.13 Å². The summed E-state index contributed by atoms with van der Waals surface area (Å²) >= 11 is 0. The lowest BCUT2D eigenvalue weighted by Crippen LogP contribution is -1.98. The van der Waals surface area contributed by atoms with Gasteiger partial charge in [0.15, 0.2) is 0 Å². The van der Waals surface area contributed by atoms with Crippen LogP contribution in [0.25, 0.3) is 99.3 Å². The van der Waals surface area contributed by atoms with Gasteiger partial charge in [-0.05, 0) is 101 Å². The third-order valence-electron chi connectivity index (χ3n) is 11.0. The smallest absolute Gasteiger partial charge is 0.0708 e. The number of para-hydroxylation sites is 3. The van der Waals surface area contributed by atoms with Crippen LogP contribution in [-0.2, 0) is 0 Å². The Bertz CT molecular complexity index is 3210. The molecule has 0 saturated heterocycles. The maximum atomic E-state index is 4.64. The summed E-state index contributed by atoms with van der Waals surface area (Å²) in [6.07, 6.45) is 1.86. The summed E-state index contributed by atoms with van der Waals surface area (Å²) in [5.74, 6) is 0. The standard InChI is InChI=1S/C51H33N3/c1-3-12-34(13-4-1)43-30-36(39-22-21-35-14-11-29-52-46(35)33-39)23-26-49(43)54-48-20-10-8-18-42(48)45-32-38(25-28-51(45)54)37-24-27-50-44(31-37)41-17-7-9-19-47(41)53(50)40-15-5-2-6-16-40/h1-33H. The fraction of sp³-hybridized carbons (Fsp3) is 0. The van der Waals surface area contributed by atoms with Crippen LogP contribution in [0.4, 0.5) is 0 Å². The van der Waals surface area contributed by atoms with Crippen molar-refractivity contribution in [2.24, 2.45) is 0 Å². The highest BCUT2D eigenvalue weighted by Crippen LogP contribution is 2.41. The van der Waals surface area contributed by atoms with Crippen LogP contribution in [0.1, 0.15) is 0 Å². The molecule has 11 aromatic rings. The van der Waals surface area contributed by atoms with E-state index in [4.69, 9.17) is 0 Å². The van der Waals surface area contributed by atoms with Crippen molar-refractivity contribution in [3.05, 3.63) is 200 Å². The second kappa shape index (κ2) is 12.2. The molecule has 0 aliphatic heterocycles. The Morgan fingerprint density at radius 3 is 1.59 bits per heavy atom. The number of fused-ring (bicyclic) bond motifs is 7. The van der Waals surface area contributed by atoms with Crippen LogP contribution >= 0.6 is 0 Å². The van der Waals surface area contributed by atoms with Crippen LogP contribution in [0.2, 0.25) is 0 Å².